The summed E-state index contributed by atoms with van der Waals surface area (Å²) in [4.78, 5) is 4.64. The highest BCUT2D eigenvalue weighted by atomic mass is 127. The van der Waals surface area contributed by atoms with Gasteiger partial charge in [0.15, 0.2) is 17.4 Å². The number of guanidine groups is 1. The molecule has 0 amide bonds. The number of pyridine rings is 1. The van der Waals surface area contributed by atoms with Crippen LogP contribution in [0.2, 0.25) is 0 Å². The molecular weight excluding hydrogens is 522 g/mol. The quantitative estimate of drug-likeness (QED) is 0.203. The van der Waals surface area contributed by atoms with E-state index in [1.165, 1.54) is 12.1 Å². The summed E-state index contributed by atoms with van der Waals surface area (Å²) in [5, 5.41) is 14.9. The Bertz CT molecular complexity index is 1160. The highest BCUT2D eigenvalue weighted by molar-refractivity contribution is 14.0. The molecule has 2 heterocycles. The summed E-state index contributed by atoms with van der Waals surface area (Å²) in [6.07, 6.45) is 1.94. The van der Waals surface area contributed by atoms with E-state index in [9.17, 15) is 4.39 Å². The van der Waals surface area contributed by atoms with Gasteiger partial charge in [0.2, 0.25) is 0 Å². The monoisotopic (exact) mass is 546 g/mol. The fraction of sp³-hybridized carbons (Fsp3) is 0.174. The Morgan fingerprint density at radius 2 is 1.69 bits per heavy atom. The maximum absolute atomic E-state index is 13.0. The molecule has 2 aromatic heterocycles. The summed E-state index contributed by atoms with van der Waals surface area (Å²) < 4.78 is 20.7. The van der Waals surface area contributed by atoms with Crippen molar-refractivity contribution >= 4 is 35.6 Å². The number of fused-ring (bicyclic) bond motifs is 1. The number of ether oxygens (including phenoxy) is 1. The van der Waals surface area contributed by atoms with Crippen LogP contribution >= 0.6 is 24.0 Å². The van der Waals surface area contributed by atoms with Crippen molar-refractivity contribution in [1.29, 1.82) is 0 Å². The second-order valence-corrected chi connectivity index (χ2v) is 6.79. The average molecular weight is 546 g/mol. The Kier molecular flexibility index (Phi) is 8.37. The smallest absolute Gasteiger partial charge is 0.191 e. The Morgan fingerprint density at radius 1 is 0.969 bits per heavy atom. The van der Waals surface area contributed by atoms with E-state index in [1.54, 1.807) is 12.1 Å². The molecule has 2 N–H and O–H groups in total. The Morgan fingerprint density at radius 3 is 2.41 bits per heavy atom. The first-order valence-corrected chi connectivity index (χ1v) is 10.0. The van der Waals surface area contributed by atoms with Gasteiger partial charge in [-0.3, -0.25) is 4.40 Å². The third-order valence-corrected chi connectivity index (χ3v) is 4.53. The number of hydrogen-bond donors (Lipinski definition) is 2. The standard InChI is InChI=1S/C23H23FN6O.HI/c1-2-25-23(27-16-22-29-28-21-5-3-4-14-30(21)22)26-15-17-6-10-19(11-7-17)31-20-12-8-18(24)9-13-20;/h3-14H,2,15-16H2,1H3,(H2,25,26,27);1H. The molecular formula is C23H24FIN6O. The molecule has 166 valence electrons. The molecule has 0 aliphatic heterocycles. The topological polar surface area (TPSA) is 75.8 Å². The van der Waals surface area contributed by atoms with Crippen LogP contribution in [0.1, 0.15) is 18.3 Å². The minimum atomic E-state index is -0.289. The normalized spacial score (nSPS) is 11.1. The number of nitrogens with zero attached hydrogens (tertiary/aromatic N) is 4. The van der Waals surface area contributed by atoms with E-state index in [2.05, 4.69) is 25.8 Å². The highest BCUT2D eigenvalue weighted by Gasteiger charge is 2.06. The van der Waals surface area contributed by atoms with E-state index < -0.39 is 0 Å². The second-order valence-electron chi connectivity index (χ2n) is 6.79. The second kappa shape index (κ2) is 11.4. The van der Waals surface area contributed by atoms with Gasteiger partial charge in [0, 0.05) is 12.7 Å². The predicted molar refractivity (Wildman–Crippen MR) is 133 cm³/mol. The molecule has 4 aromatic rings. The van der Waals surface area contributed by atoms with Gasteiger partial charge in [-0.05, 0) is 61.0 Å². The Balaban J connectivity index is 0.00000289. The van der Waals surface area contributed by atoms with Gasteiger partial charge in [0.25, 0.3) is 0 Å². The van der Waals surface area contributed by atoms with Crippen LogP contribution in [0.4, 0.5) is 4.39 Å². The van der Waals surface area contributed by atoms with Crippen LogP contribution in [-0.2, 0) is 13.1 Å². The lowest BCUT2D eigenvalue weighted by Gasteiger charge is -2.11. The molecule has 0 saturated carbocycles. The molecule has 0 unspecified atom stereocenters. The van der Waals surface area contributed by atoms with Gasteiger partial charge in [0.1, 0.15) is 17.3 Å². The molecule has 0 saturated heterocycles. The van der Waals surface area contributed by atoms with Crippen molar-refractivity contribution in [3.05, 3.63) is 90.1 Å². The first-order chi connectivity index (χ1) is 15.2. The molecule has 0 bridgehead atoms. The van der Waals surface area contributed by atoms with Gasteiger partial charge >= 0.3 is 0 Å². The van der Waals surface area contributed by atoms with Crippen LogP contribution in [0.15, 0.2) is 77.9 Å². The zero-order valence-electron chi connectivity index (χ0n) is 17.5. The summed E-state index contributed by atoms with van der Waals surface area (Å²) in [7, 11) is 0. The van der Waals surface area contributed by atoms with Gasteiger partial charge in [-0.25, -0.2) is 9.38 Å². The predicted octanol–water partition coefficient (Wildman–Crippen LogP) is 4.53. The lowest BCUT2D eigenvalue weighted by Crippen LogP contribution is -2.37. The molecule has 0 aliphatic rings. The van der Waals surface area contributed by atoms with Crippen molar-refractivity contribution in [3.63, 3.8) is 0 Å². The van der Waals surface area contributed by atoms with E-state index in [-0.39, 0.29) is 29.8 Å². The number of hydrogen-bond acceptors (Lipinski definition) is 4. The first kappa shape index (κ1) is 23.5. The molecule has 0 fully saturated rings. The van der Waals surface area contributed by atoms with Gasteiger partial charge in [-0.2, -0.15) is 0 Å². The van der Waals surface area contributed by atoms with E-state index >= 15 is 0 Å². The minimum Gasteiger partial charge on any atom is -0.457 e. The molecule has 0 atom stereocenters. The zero-order chi connectivity index (χ0) is 21.5. The maximum atomic E-state index is 13.0. The zero-order valence-corrected chi connectivity index (χ0v) is 19.9. The molecule has 32 heavy (non-hydrogen) atoms. The number of aromatic nitrogens is 3. The van der Waals surface area contributed by atoms with Crippen LogP contribution in [0.5, 0.6) is 11.5 Å². The van der Waals surface area contributed by atoms with Crippen LogP contribution < -0.4 is 15.4 Å². The molecule has 0 aliphatic carbocycles. The van der Waals surface area contributed by atoms with Gasteiger partial charge < -0.3 is 15.4 Å². The molecule has 7 nitrogen and oxygen atoms in total. The number of benzene rings is 2. The summed E-state index contributed by atoms with van der Waals surface area (Å²) in [5.74, 6) is 2.49. The summed E-state index contributed by atoms with van der Waals surface area (Å²) in [5.41, 5.74) is 1.85. The van der Waals surface area contributed by atoms with Crippen LogP contribution in [-0.4, -0.2) is 27.1 Å². The molecule has 2 aromatic carbocycles. The lowest BCUT2D eigenvalue weighted by atomic mass is 10.2. The van der Waals surface area contributed by atoms with Crippen LogP contribution in [0.3, 0.4) is 0 Å². The summed E-state index contributed by atoms with van der Waals surface area (Å²) in [6.45, 7) is 3.77. The fourth-order valence-electron chi connectivity index (χ4n) is 2.99. The van der Waals surface area contributed by atoms with Crippen molar-refractivity contribution < 1.29 is 9.13 Å². The fourth-order valence-corrected chi connectivity index (χ4v) is 2.99. The lowest BCUT2D eigenvalue weighted by molar-refractivity contribution is 0.480. The first-order valence-electron chi connectivity index (χ1n) is 10.0. The van der Waals surface area contributed by atoms with E-state index in [0.717, 1.165) is 23.6 Å². The third kappa shape index (κ3) is 6.16. The number of nitrogens with one attached hydrogen (secondary N) is 2. The average Bonchev–Trinajstić information content (AvgIpc) is 3.21. The maximum Gasteiger partial charge on any atom is 0.191 e. The SMILES string of the molecule is CCNC(=NCc1ccc(Oc2ccc(F)cc2)cc1)NCc1nnc2ccccn12.I. The Labute approximate surface area is 202 Å². The molecule has 0 spiro atoms. The van der Waals surface area contributed by atoms with E-state index in [0.29, 0.717) is 30.5 Å². The summed E-state index contributed by atoms with van der Waals surface area (Å²) in [6, 6.07) is 19.4. The minimum absolute atomic E-state index is 0. The number of aliphatic imine (C=N–C) groups is 1. The van der Waals surface area contributed by atoms with Crippen LogP contribution in [0, 0.1) is 5.82 Å². The van der Waals surface area contributed by atoms with Gasteiger partial charge in [0.05, 0.1) is 13.1 Å². The van der Waals surface area contributed by atoms with Crippen molar-refractivity contribution in [2.24, 2.45) is 4.99 Å². The number of halogens is 2. The van der Waals surface area contributed by atoms with Crippen molar-refractivity contribution in [2.75, 3.05) is 6.54 Å². The van der Waals surface area contributed by atoms with E-state index in [1.807, 2.05) is 60.0 Å². The number of rotatable bonds is 7. The highest BCUT2D eigenvalue weighted by Crippen LogP contribution is 2.22. The molecule has 9 heteroatoms. The van der Waals surface area contributed by atoms with Crippen molar-refractivity contribution in [1.82, 2.24) is 25.2 Å². The van der Waals surface area contributed by atoms with Gasteiger partial charge in [-0.1, -0.05) is 18.2 Å². The largest absolute Gasteiger partial charge is 0.457 e. The van der Waals surface area contributed by atoms with Crippen molar-refractivity contribution in [2.45, 2.75) is 20.0 Å². The van der Waals surface area contributed by atoms with Crippen molar-refractivity contribution in [3.8, 4) is 11.5 Å². The summed E-state index contributed by atoms with van der Waals surface area (Å²) >= 11 is 0. The Hall–Kier alpha value is -3.21. The van der Waals surface area contributed by atoms with Gasteiger partial charge in [-0.15, -0.1) is 34.2 Å². The molecule has 0 radical (unpaired) electrons. The van der Waals surface area contributed by atoms with E-state index in [4.69, 9.17) is 4.74 Å². The van der Waals surface area contributed by atoms with Crippen LogP contribution in [0.25, 0.3) is 5.65 Å². The third-order valence-electron chi connectivity index (χ3n) is 4.53. The molecule has 4 rings (SSSR count).